The molecule has 0 spiro atoms. The average Bonchev–Trinajstić information content (AvgIpc) is 2.77. The first-order valence-electron chi connectivity index (χ1n) is 6.06. The van der Waals surface area contributed by atoms with E-state index in [1.807, 2.05) is 26.0 Å². The Bertz CT molecular complexity index is 695. The van der Waals surface area contributed by atoms with Crippen LogP contribution in [0, 0.1) is 25.7 Å². The highest BCUT2D eigenvalue weighted by Gasteiger charge is 2.14. The lowest BCUT2D eigenvalue weighted by atomic mass is 10.2. The van der Waals surface area contributed by atoms with Crippen molar-refractivity contribution in [3.63, 3.8) is 0 Å². The fourth-order valence-corrected chi connectivity index (χ4v) is 2.57. The number of benzene rings is 1. The molecule has 1 aromatic heterocycles. The normalized spacial score (nSPS) is 9.75. The van der Waals surface area contributed by atoms with Crippen LogP contribution in [0.1, 0.15) is 25.9 Å². The summed E-state index contributed by atoms with van der Waals surface area (Å²) < 4.78 is 0. The molecule has 0 atom stereocenters. The van der Waals surface area contributed by atoms with E-state index in [-0.39, 0.29) is 12.5 Å². The summed E-state index contributed by atoms with van der Waals surface area (Å²) in [5, 5.41) is 12.4. The van der Waals surface area contributed by atoms with Gasteiger partial charge in [-0.05, 0) is 26.0 Å². The molecule has 2 N–H and O–H groups in total. The minimum Gasteiger partial charge on any atom is -0.384 e. The van der Waals surface area contributed by atoms with Crippen molar-refractivity contribution in [2.45, 2.75) is 13.8 Å². The second-order valence-corrected chi connectivity index (χ2v) is 5.31. The zero-order valence-corrected chi connectivity index (χ0v) is 12.0. The highest BCUT2D eigenvalue weighted by molar-refractivity contribution is 7.13. The summed E-state index contributed by atoms with van der Waals surface area (Å²) in [7, 11) is 0. The van der Waals surface area contributed by atoms with Crippen LogP contribution < -0.4 is 5.32 Å². The Morgan fingerprint density at radius 3 is 2.80 bits per heavy atom. The van der Waals surface area contributed by atoms with Gasteiger partial charge < -0.3 is 10.4 Å². The summed E-state index contributed by atoms with van der Waals surface area (Å²) in [6.45, 7) is 3.47. The van der Waals surface area contributed by atoms with Gasteiger partial charge >= 0.3 is 0 Å². The van der Waals surface area contributed by atoms with Crippen LogP contribution in [0.15, 0.2) is 24.3 Å². The Balaban J connectivity index is 2.26. The van der Waals surface area contributed by atoms with E-state index in [2.05, 4.69) is 22.1 Å². The first-order chi connectivity index (χ1) is 9.61. The number of anilines is 1. The molecular formula is C15H14N2O2S. The molecule has 0 saturated carbocycles. The van der Waals surface area contributed by atoms with Gasteiger partial charge in [-0.1, -0.05) is 24.0 Å². The third kappa shape index (κ3) is 3.23. The SMILES string of the molecule is Cc1nc(C)c(C(=O)Nc2ccccc2C#CCO)s1. The first-order valence-corrected chi connectivity index (χ1v) is 6.87. The third-order valence-electron chi connectivity index (χ3n) is 2.59. The maximum Gasteiger partial charge on any atom is 0.267 e. The predicted octanol–water partition coefficient (Wildman–Crippen LogP) is 2.36. The monoisotopic (exact) mass is 286 g/mol. The van der Waals surface area contributed by atoms with E-state index in [9.17, 15) is 4.79 Å². The van der Waals surface area contributed by atoms with Crippen LogP contribution in [-0.4, -0.2) is 22.6 Å². The lowest BCUT2D eigenvalue weighted by Crippen LogP contribution is -2.12. The number of carbonyl (C=O) groups excluding carboxylic acids is 1. The first kappa shape index (κ1) is 14.3. The van der Waals surface area contributed by atoms with Gasteiger partial charge in [-0.3, -0.25) is 4.79 Å². The minimum absolute atomic E-state index is 0.189. The molecule has 0 fully saturated rings. The van der Waals surface area contributed by atoms with E-state index in [1.165, 1.54) is 11.3 Å². The molecule has 0 unspecified atom stereocenters. The number of nitrogens with one attached hydrogen (secondary N) is 1. The summed E-state index contributed by atoms with van der Waals surface area (Å²) in [6, 6.07) is 7.23. The molecule has 2 aromatic rings. The van der Waals surface area contributed by atoms with Crippen LogP contribution in [0.5, 0.6) is 0 Å². The van der Waals surface area contributed by atoms with Crippen LogP contribution in [0.2, 0.25) is 0 Å². The number of para-hydroxylation sites is 1. The molecule has 0 aliphatic carbocycles. The number of thiazole rings is 1. The number of aliphatic hydroxyl groups excluding tert-OH is 1. The van der Waals surface area contributed by atoms with Gasteiger partial charge in [0.2, 0.25) is 0 Å². The van der Waals surface area contributed by atoms with Crippen molar-refractivity contribution in [3.05, 3.63) is 45.4 Å². The van der Waals surface area contributed by atoms with Crippen LogP contribution in [-0.2, 0) is 0 Å². The number of carbonyl (C=O) groups is 1. The molecule has 20 heavy (non-hydrogen) atoms. The fourth-order valence-electron chi connectivity index (χ4n) is 1.76. The molecule has 1 heterocycles. The largest absolute Gasteiger partial charge is 0.384 e. The van der Waals surface area contributed by atoms with E-state index in [4.69, 9.17) is 5.11 Å². The fraction of sp³-hybridized carbons (Fsp3) is 0.200. The van der Waals surface area contributed by atoms with E-state index in [0.29, 0.717) is 16.1 Å². The van der Waals surface area contributed by atoms with Gasteiger partial charge in [0.05, 0.1) is 16.4 Å². The Morgan fingerprint density at radius 1 is 1.40 bits per heavy atom. The van der Waals surface area contributed by atoms with E-state index in [1.54, 1.807) is 12.1 Å². The van der Waals surface area contributed by atoms with E-state index >= 15 is 0 Å². The van der Waals surface area contributed by atoms with E-state index in [0.717, 1.165) is 10.7 Å². The number of aliphatic hydroxyl groups is 1. The molecular weight excluding hydrogens is 272 g/mol. The van der Waals surface area contributed by atoms with Crippen molar-refractivity contribution in [2.75, 3.05) is 11.9 Å². The maximum atomic E-state index is 12.2. The summed E-state index contributed by atoms with van der Waals surface area (Å²) >= 11 is 1.37. The van der Waals surface area contributed by atoms with Gasteiger partial charge in [0, 0.05) is 5.56 Å². The molecule has 0 bridgehead atoms. The van der Waals surface area contributed by atoms with Gasteiger partial charge in [-0.15, -0.1) is 11.3 Å². The molecule has 0 radical (unpaired) electrons. The van der Waals surface area contributed by atoms with Crippen LogP contribution in [0.25, 0.3) is 0 Å². The molecule has 0 aliphatic heterocycles. The number of aromatic nitrogens is 1. The molecule has 0 aliphatic rings. The number of rotatable bonds is 2. The van der Waals surface area contributed by atoms with Crippen LogP contribution >= 0.6 is 11.3 Å². The Kier molecular flexibility index (Phi) is 4.51. The quantitative estimate of drug-likeness (QED) is 0.833. The van der Waals surface area contributed by atoms with Crippen molar-refractivity contribution >= 4 is 22.9 Å². The van der Waals surface area contributed by atoms with Gasteiger partial charge in [0.25, 0.3) is 5.91 Å². The number of hydrogen-bond donors (Lipinski definition) is 2. The summed E-state index contributed by atoms with van der Waals surface area (Å²) in [5.41, 5.74) is 2.03. The number of aryl methyl sites for hydroxylation is 2. The third-order valence-corrected chi connectivity index (χ3v) is 3.66. The second kappa shape index (κ2) is 6.33. The highest BCUT2D eigenvalue weighted by Crippen LogP contribution is 2.20. The second-order valence-electron chi connectivity index (χ2n) is 4.11. The number of hydrogen-bond acceptors (Lipinski definition) is 4. The molecule has 1 aromatic carbocycles. The molecule has 0 saturated heterocycles. The summed E-state index contributed by atoms with van der Waals surface area (Å²) in [6.07, 6.45) is 0. The van der Waals surface area contributed by atoms with Gasteiger partial charge in [0.1, 0.15) is 11.5 Å². The average molecular weight is 286 g/mol. The lowest BCUT2D eigenvalue weighted by molar-refractivity contribution is 0.103. The molecule has 1 amide bonds. The van der Waals surface area contributed by atoms with Gasteiger partial charge in [0.15, 0.2) is 0 Å². The predicted molar refractivity (Wildman–Crippen MR) is 79.9 cm³/mol. The van der Waals surface area contributed by atoms with Gasteiger partial charge in [-0.2, -0.15) is 0 Å². The Hall–Kier alpha value is -2.16. The smallest absolute Gasteiger partial charge is 0.267 e. The molecule has 2 rings (SSSR count). The van der Waals surface area contributed by atoms with Crippen LogP contribution in [0.3, 0.4) is 0 Å². The zero-order valence-electron chi connectivity index (χ0n) is 11.2. The summed E-state index contributed by atoms with van der Waals surface area (Å²) in [4.78, 5) is 17.1. The van der Waals surface area contributed by atoms with E-state index < -0.39 is 0 Å². The van der Waals surface area contributed by atoms with Crippen molar-refractivity contribution in [3.8, 4) is 11.8 Å². The van der Waals surface area contributed by atoms with Gasteiger partial charge in [-0.25, -0.2) is 4.98 Å². The zero-order chi connectivity index (χ0) is 14.5. The minimum atomic E-state index is -0.213. The molecule has 5 heteroatoms. The number of nitrogens with zero attached hydrogens (tertiary/aromatic N) is 1. The molecule has 4 nitrogen and oxygen atoms in total. The van der Waals surface area contributed by atoms with Crippen molar-refractivity contribution in [1.82, 2.24) is 4.98 Å². The topological polar surface area (TPSA) is 62.2 Å². The van der Waals surface area contributed by atoms with Crippen molar-refractivity contribution in [2.24, 2.45) is 0 Å². The maximum absolute atomic E-state index is 12.2. The van der Waals surface area contributed by atoms with Crippen molar-refractivity contribution in [1.29, 1.82) is 0 Å². The number of amides is 1. The standard InChI is InChI=1S/C15H14N2O2S/c1-10-14(20-11(2)16-10)15(19)17-13-8-4-3-6-12(13)7-5-9-18/h3-4,6,8,18H,9H2,1-2H3,(H,17,19). The Morgan fingerprint density at radius 2 is 2.15 bits per heavy atom. The molecule has 102 valence electrons. The van der Waals surface area contributed by atoms with Crippen LogP contribution in [0.4, 0.5) is 5.69 Å². The van der Waals surface area contributed by atoms with Crippen molar-refractivity contribution < 1.29 is 9.90 Å². The lowest BCUT2D eigenvalue weighted by Gasteiger charge is -2.06. The highest BCUT2D eigenvalue weighted by atomic mass is 32.1. The summed E-state index contributed by atoms with van der Waals surface area (Å²) in [5.74, 6) is 5.20. The Labute approximate surface area is 121 Å².